The van der Waals surface area contributed by atoms with Crippen LogP contribution >= 0.6 is 0 Å². The molecule has 0 aromatic carbocycles. The van der Waals surface area contributed by atoms with Gasteiger partial charge in [-0.25, -0.2) is 26.8 Å². The molecule has 24 heavy (non-hydrogen) atoms. The van der Waals surface area contributed by atoms with Gasteiger partial charge in [0.25, 0.3) is 0 Å². The Kier molecular flexibility index (Phi) is 7.31. The van der Waals surface area contributed by atoms with Crippen LogP contribution in [0.25, 0.3) is 0 Å². The fourth-order valence-electron chi connectivity index (χ4n) is 2.59. The van der Waals surface area contributed by atoms with Gasteiger partial charge in [-0.2, -0.15) is 0 Å². The Morgan fingerprint density at radius 1 is 1.42 bits per heavy atom. The van der Waals surface area contributed by atoms with Crippen molar-refractivity contribution >= 4 is 25.5 Å². The average Bonchev–Trinajstić information content (AvgIpc) is 2.77. The van der Waals surface area contributed by atoms with Crippen molar-refractivity contribution in [3.8, 4) is 0 Å². The van der Waals surface area contributed by atoms with Crippen LogP contribution in [0, 0.1) is 45.0 Å². The van der Waals surface area contributed by atoms with Crippen LogP contribution in [0.4, 0.5) is 5.82 Å². The van der Waals surface area contributed by atoms with E-state index in [1.54, 1.807) is 4.90 Å². The summed E-state index contributed by atoms with van der Waals surface area (Å²) in [7, 11) is -6.97. The summed E-state index contributed by atoms with van der Waals surface area (Å²) >= 11 is 0. The van der Waals surface area contributed by atoms with E-state index in [1.165, 1.54) is 6.07 Å². The number of nitrogens with zero attached hydrogens (tertiary/aromatic N) is 3. The summed E-state index contributed by atoms with van der Waals surface area (Å²) in [6, 6.07) is 1.33. The Hall–Kier alpha value is -0.168. The topological polar surface area (TPSA) is 97.3 Å². The van der Waals surface area contributed by atoms with E-state index in [0.29, 0.717) is 25.2 Å². The van der Waals surface area contributed by atoms with E-state index in [4.69, 9.17) is 0 Å². The molecule has 0 bridgehead atoms. The maximum atomic E-state index is 12.2. The summed E-state index contributed by atoms with van der Waals surface area (Å²) in [5.41, 5.74) is 0.229. The second-order valence-corrected chi connectivity index (χ2v) is 9.96. The summed E-state index contributed by atoms with van der Waals surface area (Å²) in [6.07, 6.45) is 1.98. The molecule has 1 aliphatic heterocycles. The SMILES string of the molecule is [CH2-]CN(c1cc(C2CCCS2(=O)=O)nc(S(C)(=O)=O)n1)[C@@H]([CH2-])C.[U+2]. The molecule has 0 saturated carbocycles. The molecule has 1 aromatic rings. The largest absolute Gasteiger partial charge is 2.00 e. The van der Waals surface area contributed by atoms with Crippen molar-refractivity contribution in [3.63, 3.8) is 0 Å². The van der Waals surface area contributed by atoms with Gasteiger partial charge in [-0.05, 0) is 12.8 Å². The number of aromatic nitrogens is 2. The normalized spacial score (nSPS) is 21.1. The zero-order valence-corrected chi connectivity index (χ0v) is 19.6. The fourth-order valence-corrected chi connectivity index (χ4v) is 4.99. The van der Waals surface area contributed by atoms with Crippen molar-refractivity contribution < 1.29 is 47.9 Å². The molecule has 0 N–H and O–H groups in total. The van der Waals surface area contributed by atoms with E-state index in [2.05, 4.69) is 23.8 Å². The molecule has 132 valence electrons. The third-order valence-corrected chi connectivity index (χ3v) is 6.82. The zero-order valence-electron chi connectivity index (χ0n) is 13.8. The molecule has 0 radical (unpaired) electrons. The molecule has 1 fully saturated rings. The molecule has 0 amide bonds. The van der Waals surface area contributed by atoms with Crippen molar-refractivity contribution in [2.45, 2.75) is 36.2 Å². The minimum absolute atomic E-state index is 0. The first-order valence-corrected chi connectivity index (χ1v) is 10.9. The zero-order chi connectivity index (χ0) is 17.4. The van der Waals surface area contributed by atoms with Crippen LogP contribution in [-0.2, 0) is 19.7 Å². The Balaban J connectivity index is 0.00000288. The van der Waals surface area contributed by atoms with Crippen molar-refractivity contribution in [3.05, 3.63) is 25.6 Å². The van der Waals surface area contributed by atoms with E-state index < -0.39 is 24.9 Å². The van der Waals surface area contributed by atoms with Gasteiger partial charge in [0.15, 0.2) is 9.84 Å². The molecule has 2 rings (SSSR count). The maximum absolute atomic E-state index is 12.2. The van der Waals surface area contributed by atoms with Gasteiger partial charge in [0, 0.05) is 12.3 Å². The van der Waals surface area contributed by atoms with Crippen molar-refractivity contribution in [2.75, 3.05) is 23.5 Å². The molecule has 1 aromatic heterocycles. The number of hydrogen-bond acceptors (Lipinski definition) is 7. The molecule has 1 unspecified atom stereocenters. The number of rotatable bonds is 5. The van der Waals surface area contributed by atoms with E-state index >= 15 is 0 Å². The van der Waals surface area contributed by atoms with Gasteiger partial charge in [-0.1, -0.05) is 6.92 Å². The summed E-state index contributed by atoms with van der Waals surface area (Å²) < 4.78 is 48.1. The van der Waals surface area contributed by atoms with Gasteiger partial charge in [-0.3, -0.25) is 0 Å². The Labute approximate surface area is 167 Å². The van der Waals surface area contributed by atoms with Gasteiger partial charge in [0.2, 0.25) is 15.0 Å². The second kappa shape index (κ2) is 8.02. The predicted octanol–water partition coefficient (Wildman–Crippen LogP) is 0.993. The molecular weight excluding hydrogens is 576 g/mol. The third-order valence-electron chi connectivity index (χ3n) is 3.77. The first kappa shape index (κ1) is 21.9. The van der Waals surface area contributed by atoms with Crippen molar-refractivity contribution in [1.29, 1.82) is 0 Å². The van der Waals surface area contributed by atoms with Crippen molar-refractivity contribution in [1.82, 2.24) is 9.97 Å². The quantitative estimate of drug-likeness (QED) is 0.369. The minimum Gasteiger partial charge on any atom is -0.414 e. The fraction of sp³-hybridized carbons (Fsp3) is 0.571. The third kappa shape index (κ3) is 4.71. The molecule has 10 heteroatoms. The molecule has 0 aliphatic carbocycles. The van der Waals surface area contributed by atoms with Crippen LogP contribution in [0.3, 0.4) is 0 Å². The number of hydrogen-bond donors (Lipinski definition) is 0. The van der Waals surface area contributed by atoms with Crippen LogP contribution in [0.15, 0.2) is 11.2 Å². The minimum atomic E-state index is -3.67. The molecule has 7 nitrogen and oxygen atoms in total. The monoisotopic (exact) mass is 597 g/mol. The Bertz CT molecular complexity index is 794. The van der Waals surface area contributed by atoms with E-state index in [1.807, 2.05) is 6.92 Å². The number of sulfone groups is 2. The second-order valence-electron chi connectivity index (χ2n) is 5.75. The van der Waals surface area contributed by atoms with E-state index in [9.17, 15) is 16.8 Å². The van der Waals surface area contributed by atoms with Gasteiger partial charge in [0.1, 0.15) is 11.1 Å². The first-order valence-electron chi connectivity index (χ1n) is 7.26. The van der Waals surface area contributed by atoms with Crippen LogP contribution < -0.4 is 4.90 Å². The van der Waals surface area contributed by atoms with Crippen LogP contribution in [0.5, 0.6) is 0 Å². The van der Waals surface area contributed by atoms with Crippen LogP contribution in [0.2, 0.25) is 0 Å². The summed E-state index contributed by atoms with van der Waals surface area (Å²) in [4.78, 5) is 9.78. The summed E-state index contributed by atoms with van der Waals surface area (Å²) in [5, 5.41) is -1.15. The standard InChI is InChI=1S/C14H21N3O4S2.U/c1-5-17(10(2)3)13-9-11(12-7-6-8-23(12,20)21)15-14(16-13)22(4,18)19;/h9-10,12H,1-2,5-8H2,3-4H3;/q-2;+2/t10-,12?;/m0./s1. The van der Waals surface area contributed by atoms with Crippen LogP contribution in [0.1, 0.15) is 30.7 Å². The molecule has 1 saturated heterocycles. The van der Waals surface area contributed by atoms with E-state index in [0.717, 1.165) is 6.26 Å². The van der Waals surface area contributed by atoms with Crippen molar-refractivity contribution in [2.24, 2.45) is 0 Å². The number of anilines is 1. The molecule has 2 heterocycles. The van der Waals surface area contributed by atoms with Gasteiger partial charge < -0.3 is 18.7 Å². The van der Waals surface area contributed by atoms with Crippen LogP contribution in [-0.4, -0.2) is 51.4 Å². The predicted molar refractivity (Wildman–Crippen MR) is 88.4 cm³/mol. The van der Waals surface area contributed by atoms with Gasteiger partial charge in [-0.15, -0.1) is 12.6 Å². The van der Waals surface area contributed by atoms with Gasteiger partial charge in [0.05, 0.1) is 11.4 Å². The Morgan fingerprint density at radius 2 is 2.04 bits per heavy atom. The molecular formula is C14H21N3O4S2U. The Morgan fingerprint density at radius 3 is 2.46 bits per heavy atom. The first-order chi connectivity index (χ1) is 10.6. The molecule has 1 aliphatic rings. The van der Waals surface area contributed by atoms with E-state index in [-0.39, 0.29) is 53.8 Å². The molecule has 0 spiro atoms. The summed E-state index contributed by atoms with van der Waals surface area (Å²) in [5.74, 6) is 0.422. The van der Waals surface area contributed by atoms with Gasteiger partial charge >= 0.3 is 31.1 Å². The summed E-state index contributed by atoms with van der Waals surface area (Å²) in [6.45, 7) is 9.82. The maximum Gasteiger partial charge on any atom is 2.00 e. The molecule has 2 atom stereocenters. The smallest absolute Gasteiger partial charge is 0.414 e. The average molecular weight is 598 g/mol.